The van der Waals surface area contributed by atoms with Gasteiger partial charge in [-0.05, 0) is 31.9 Å². The molecule has 0 spiro atoms. The van der Waals surface area contributed by atoms with E-state index in [1.54, 1.807) is 0 Å². The standard InChI is InChI=1S/C13H16N2/c1-10-6-2-5-9-13-14-11-7-3-4-8-12(11)15(10)13/h3-4,7-8,10H,2,5-6,9H2,1H3. The second-order valence-corrected chi connectivity index (χ2v) is 4.48. The first kappa shape index (κ1) is 8.96. The number of nitrogens with zero attached hydrogens (tertiary/aromatic N) is 2. The molecule has 0 fully saturated rings. The summed E-state index contributed by atoms with van der Waals surface area (Å²) in [5, 5.41) is 0. The van der Waals surface area contributed by atoms with Crippen molar-refractivity contribution in [3.05, 3.63) is 30.1 Å². The lowest BCUT2D eigenvalue weighted by Crippen LogP contribution is -2.05. The number of para-hydroxylation sites is 2. The quantitative estimate of drug-likeness (QED) is 0.638. The van der Waals surface area contributed by atoms with Crippen LogP contribution in [0.1, 0.15) is 38.1 Å². The summed E-state index contributed by atoms with van der Waals surface area (Å²) < 4.78 is 2.43. The monoisotopic (exact) mass is 200 g/mol. The molecule has 0 radical (unpaired) electrons. The van der Waals surface area contributed by atoms with E-state index in [0.29, 0.717) is 6.04 Å². The van der Waals surface area contributed by atoms with Crippen molar-refractivity contribution >= 4 is 11.0 Å². The van der Waals surface area contributed by atoms with Gasteiger partial charge >= 0.3 is 0 Å². The first-order valence-corrected chi connectivity index (χ1v) is 5.82. The third-order valence-corrected chi connectivity index (χ3v) is 3.38. The summed E-state index contributed by atoms with van der Waals surface area (Å²) in [7, 11) is 0. The van der Waals surface area contributed by atoms with Crippen molar-refractivity contribution in [3.8, 4) is 0 Å². The minimum absolute atomic E-state index is 0.606. The lowest BCUT2D eigenvalue weighted by Gasteiger charge is -2.13. The molecule has 0 amide bonds. The van der Waals surface area contributed by atoms with Gasteiger partial charge in [-0.15, -0.1) is 0 Å². The minimum atomic E-state index is 0.606. The Morgan fingerprint density at radius 2 is 2.13 bits per heavy atom. The van der Waals surface area contributed by atoms with Gasteiger partial charge in [-0.1, -0.05) is 18.6 Å². The summed E-state index contributed by atoms with van der Waals surface area (Å²) in [6, 6.07) is 9.08. The van der Waals surface area contributed by atoms with Crippen molar-refractivity contribution in [2.24, 2.45) is 0 Å². The lowest BCUT2D eigenvalue weighted by molar-refractivity contribution is 0.516. The van der Waals surface area contributed by atoms with Crippen LogP contribution in [0.4, 0.5) is 0 Å². The molecule has 0 saturated carbocycles. The SMILES string of the molecule is CC1CCCCc2nc3ccccc3n21. The van der Waals surface area contributed by atoms with E-state index in [-0.39, 0.29) is 0 Å². The van der Waals surface area contributed by atoms with Crippen molar-refractivity contribution in [2.75, 3.05) is 0 Å². The smallest absolute Gasteiger partial charge is 0.110 e. The van der Waals surface area contributed by atoms with Gasteiger partial charge in [-0.25, -0.2) is 4.98 Å². The molecule has 0 bridgehead atoms. The Labute approximate surface area is 89.9 Å². The molecule has 2 aromatic rings. The Morgan fingerprint density at radius 3 is 3.07 bits per heavy atom. The highest BCUT2D eigenvalue weighted by molar-refractivity contribution is 5.76. The van der Waals surface area contributed by atoms with Crippen LogP contribution in [0.5, 0.6) is 0 Å². The zero-order valence-corrected chi connectivity index (χ0v) is 9.11. The molecule has 1 aromatic carbocycles. The molecule has 1 atom stereocenters. The van der Waals surface area contributed by atoms with Crippen LogP contribution >= 0.6 is 0 Å². The van der Waals surface area contributed by atoms with Crippen LogP contribution in [0.25, 0.3) is 11.0 Å². The molecule has 0 saturated heterocycles. The molecular weight excluding hydrogens is 184 g/mol. The van der Waals surface area contributed by atoms with Crippen molar-refractivity contribution in [1.82, 2.24) is 9.55 Å². The van der Waals surface area contributed by atoms with Gasteiger partial charge in [0.15, 0.2) is 0 Å². The maximum Gasteiger partial charge on any atom is 0.110 e. The zero-order valence-electron chi connectivity index (χ0n) is 9.11. The average molecular weight is 200 g/mol. The van der Waals surface area contributed by atoms with Gasteiger partial charge in [0.25, 0.3) is 0 Å². The Morgan fingerprint density at radius 1 is 1.27 bits per heavy atom. The number of hydrogen-bond acceptors (Lipinski definition) is 1. The van der Waals surface area contributed by atoms with Gasteiger partial charge in [0, 0.05) is 12.5 Å². The summed E-state index contributed by atoms with van der Waals surface area (Å²) in [4.78, 5) is 4.73. The molecule has 15 heavy (non-hydrogen) atoms. The van der Waals surface area contributed by atoms with E-state index in [0.717, 1.165) is 11.9 Å². The van der Waals surface area contributed by atoms with Gasteiger partial charge in [0.2, 0.25) is 0 Å². The van der Waals surface area contributed by atoms with Gasteiger partial charge in [0.05, 0.1) is 11.0 Å². The van der Waals surface area contributed by atoms with Gasteiger partial charge in [-0.2, -0.15) is 0 Å². The van der Waals surface area contributed by atoms with Gasteiger partial charge < -0.3 is 4.57 Å². The normalized spacial score (nSPS) is 21.3. The molecule has 1 aliphatic rings. The fourth-order valence-electron chi connectivity index (χ4n) is 2.61. The highest BCUT2D eigenvalue weighted by Gasteiger charge is 2.17. The predicted octanol–water partition coefficient (Wildman–Crippen LogP) is 3.32. The van der Waals surface area contributed by atoms with Crippen LogP contribution in [0.15, 0.2) is 24.3 Å². The molecule has 1 unspecified atom stereocenters. The first-order valence-electron chi connectivity index (χ1n) is 5.82. The van der Waals surface area contributed by atoms with E-state index in [1.807, 2.05) is 0 Å². The van der Waals surface area contributed by atoms with Crippen LogP contribution in [0.3, 0.4) is 0 Å². The largest absolute Gasteiger partial charge is 0.325 e. The summed E-state index contributed by atoms with van der Waals surface area (Å²) >= 11 is 0. The number of fused-ring (bicyclic) bond motifs is 3. The molecule has 1 aromatic heterocycles. The predicted molar refractivity (Wildman–Crippen MR) is 62.0 cm³/mol. The van der Waals surface area contributed by atoms with Gasteiger partial charge in [-0.3, -0.25) is 0 Å². The van der Waals surface area contributed by atoms with Crippen molar-refractivity contribution in [3.63, 3.8) is 0 Å². The molecule has 3 rings (SSSR count). The van der Waals surface area contributed by atoms with Crippen molar-refractivity contribution in [1.29, 1.82) is 0 Å². The zero-order chi connectivity index (χ0) is 10.3. The fourth-order valence-corrected chi connectivity index (χ4v) is 2.61. The van der Waals surface area contributed by atoms with Crippen LogP contribution in [-0.2, 0) is 6.42 Å². The molecule has 2 heteroatoms. The first-order chi connectivity index (χ1) is 7.36. The Balaban J connectivity index is 2.27. The second-order valence-electron chi connectivity index (χ2n) is 4.48. The molecule has 0 N–H and O–H groups in total. The van der Waals surface area contributed by atoms with E-state index >= 15 is 0 Å². The third-order valence-electron chi connectivity index (χ3n) is 3.38. The van der Waals surface area contributed by atoms with E-state index in [2.05, 4.69) is 35.8 Å². The highest BCUT2D eigenvalue weighted by Crippen LogP contribution is 2.28. The molecule has 2 heterocycles. The third kappa shape index (κ3) is 1.36. The van der Waals surface area contributed by atoms with Crippen molar-refractivity contribution in [2.45, 2.75) is 38.6 Å². The van der Waals surface area contributed by atoms with Crippen LogP contribution in [0, 0.1) is 0 Å². The van der Waals surface area contributed by atoms with Crippen LogP contribution < -0.4 is 0 Å². The lowest BCUT2D eigenvalue weighted by atomic mass is 10.1. The van der Waals surface area contributed by atoms with E-state index in [4.69, 9.17) is 4.98 Å². The molecule has 0 aliphatic carbocycles. The number of benzene rings is 1. The van der Waals surface area contributed by atoms with E-state index in [9.17, 15) is 0 Å². The summed E-state index contributed by atoms with van der Waals surface area (Å²) in [5.74, 6) is 1.28. The van der Waals surface area contributed by atoms with E-state index < -0.39 is 0 Å². The van der Waals surface area contributed by atoms with Crippen LogP contribution in [0.2, 0.25) is 0 Å². The highest BCUT2D eigenvalue weighted by atomic mass is 15.1. The fraction of sp³-hybridized carbons (Fsp3) is 0.462. The molecule has 2 nitrogen and oxygen atoms in total. The number of imidazole rings is 1. The summed E-state index contributed by atoms with van der Waals surface area (Å²) in [6.07, 6.45) is 5.04. The molecular formula is C13H16N2. The van der Waals surface area contributed by atoms with E-state index in [1.165, 1.54) is 30.6 Å². The van der Waals surface area contributed by atoms with Crippen molar-refractivity contribution < 1.29 is 0 Å². The van der Waals surface area contributed by atoms with Gasteiger partial charge in [0.1, 0.15) is 5.82 Å². The maximum atomic E-state index is 4.73. The topological polar surface area (TPSA) is 17.8 Å². The Bertz CT molecular complexity index is 484. The minimum Gasteiger partial charge on any atom is -0.325 e. The number of hydrogen-bond donors (Lipinski definition) is 0. The molecule has 1 aliphatic heterocycles. The Hall–Kier alpha value is -1.31. The maximum absolute atomic E-state index is 4.73. The number of aromatic nitrogens is 2. The Kier molecular flexibility index (Phi) is 2.01. The second kappa shape index (κ2) is 3.37. The number of rotatable bonds is 0. The summed E-state index contributed by atoms with van der Waals surface area (Å²) in [5.41, 5.74) is 2.46. The molecule has 78 valence electrons. The average Bonchev–Trinajstić information content (AvgIpc) is 2.53. The number of aryl methyl sites for hydroxylation is 1. The van der Waals surface area contributed by atoms with Crippen LogP contribution in [-0.4, -0.2) is 9.55 Å². The summed E-state index contributed by atoms with van der Waals surface area (Å²) in [6.45, 7) is 2.31.